The van der Waals surface area contributed by atoms with Crippen LogP contribution >= 0.6 is 11.6 Å². The maximum Gasteiger partial charge on any atom is 0.301 e. The lowest BCUT2D eigenvalue weighted by Crippen LogP contribution is -2.47. The Balaban J connectivity index is 1.22. The van der Waals surface area contributed by atoms with Crippen LogP contribution in [0.3, 0.4) is 0 Å². The summed E-state index contributed by atoms with van der Waals surface area (Å²) in [7, 11) is -1.53. The highest BCUT2D eigenvalue weighted by molar-refractivity contribution is 6.76. The topological polar surface area (TPSA) is 98.1 Å². The molecule has 1 aliphatic carbocycles. The maximum absolute atomic E-state index is 6.88. The number of nitrogens with zero attached hydrogens (tertiary/aromatic N) is 3. The molecule has 0 unspecified atom stereocenters. The zero-order valence-electron chi connectivity index (χ0n) is 31.4. The van der Waals surface area contributed by atoms with E-state index in [-0.39, 0.29) is 42.2 Å². The SMILES string of the molecule is COCCCc1ccc2c(c1)CC[C@@H]2Nc1nc2c(cc1Cl)nc(O[C@@H]1CO[C@H]3[C@@H]1OC[C@H]3O[Si](C)(C)C(C)(C)C)n2COCC[Si](C)(C)C. The van der Waals surface area contributed by atoms with E-state index >= 15 is 0 Å². The standard InChI is InChI=1S/C37H57ClN4O6Si2/c1-37(2,3)50(8,9)48-31-22-46-32-30(21-45-33(31)32)47-36-40-29-20-27(38)34(41-35(29)42(36)23-44-17-18-49(5,6)7)39-28-15-13-25-19-24(11-10-16-43-4)12-14-26(25)28/h12,14,19-20,28,30-33H,10-11,13,15-18,21-23H2,1-9H3,(H,39,41)/t28-,30+,31+,32+,33+/m0/s1. The molecule has 13 heteroatoms. The number of hydrogen-bond donors (Lipinski definition) is 1. The summed E-state index contributed by atoms with van der Waals surface area (Å²) in [5, 5.41) is 4.27. The second-order valence-electron chi connectivity index (χ2n) is 16.9. The average molecular weight is 746 g/mol. The van der Waals surface area contributed by atoms with Crippen molar-refractivity contribution in [2.24, 2.45) is 0 Å². The van der Waals surface area contributed by atoms with E-state index in [2.05, 4.69) is 77.0 Å². The first-order chi connectivity index (χ1) is 23.6. The van der Waals surface area contributed by atoms with Gasteiger partial charge < -0.3 is 33.4 Å². The summed E-state index contributed by atoms with van der Waals surface area (Å²) in [6, 6.07) is 10.3. The van der Waals surface area contributed by atoms with E-state index in [4.69, 9.17) is 49.7 Å². The van der Waals surface area contributed by atoms with Crippen molar-refractivity contribution in [1.29, 1.82) is 0 Å². The van der Waals surface area contributed by atoms with E-state index in [9.17, 15) is 0 Å². The summed E-state index contributed by atoms with van der Waals surface area (Å²) in [6.07, 6.45) is 3.14. The highest BCUT2D eigenvalue weighted by atomic mass is 35.5. The van der Waals surface area contributed by atoms with Gasteiger partial charge in [0.25, 0.3) is 0 Å². The number of imidazole rings is 1. The summed E-state index contributed by atoms with van der Waals surface area (Å²) in [5.74, 6) is 0.630. The van der Waals surface area contributed by atoms with Crippen molar-refractivity contribution >= 4 is 45.0 Å². The second-order valence-corrected chi connectivity index (χ2v) is 27.7. The predicted molar refractivity (Wildman–Crippen MR) is 204 cm³/mol. The molecule has 4 heterocycles. The number of rotatable bonds is 15. The van der Waals surface area contributed by atoms with Gasteiger partial charge in [-0.25, -0.2) is 4.98 Å². The average Bonchev–Trinajstić information content (AvgIpc) is 3.80. The maximum atomic E-state index is 6.88. The van der Waals surface area contributed by atoms with Gasteiger partial charge in [0.1, 0.15) is 30.3 Å². The molecular formula is C37H57ClN4O6Si2. The number of aryl methyl sites for hydroxylation is 2. The summed E-state index contributed by atoms with van der Waals surface area (Å²) < 4.78 is 39.3. The molecule has 0 radical (unpaired) electrons. The zero-order chi connectivity index (χ0) is 35.8. The first kappa shape index (κ1) is 37.7. The molecule has 0 bridgehead atoms. The predicted octanol–water partition coefficient (Wildman–Crippen LogP) is 8.01. The van der Waals surface area contributed by atoms with Crippen molar-refractivity contribution in [3.63, 3.8) is 0 Å². The molecule has 10 nitrogen and oxygen atoms in total. The van der Waals surface area contributed by atoms with Crippen LogP contribution in [-0.2, 0) is 42.9 Å². The van der Waals surface area contributed by atoms with Gasteiger partial charge in [-0.15, -0.1) is 0 Å². The number of hydrogen-bond acceptors (Lipinski definition) is 9. The minimum absolute atomic E-state index is 0.0939. The molecule has 0 saturated carbocycles. The molecule has 1 N–H and O–H groups in total. The fourth-order valence-corrected chi connectivity index (χ4v) is 9.00. The third kappa shape index (κ3) is 8.43. The van der Waals surface area contributed by atoms with Gasteiger partial charge in [-0.1, -0.05) is 70.2 Å². The minimum Gasteiger partial charge on any atom is -0.456 e. The molecule has 3 aromatic rings. The van der Waals surface area contributed by atoms with Crippen LogP contribution in [0.4, 0.5) is 5.82 Å². The Morgan fingerprint density at radius 3 is 2.46 bits per heavy atom. The van der Waals surface area contributed by atoms with E-state index in [0.717, 1.165) is 38.3 Å². The molecule has 0 spiro atoms. The third-order valence-corrected chi connectivity index (χ3v) is 17.2. The van der Waals surface area contributed by atoms with Crippen LogP contribution in [0.15, 0.2) is 24.3 Å². The van der Waals surface area contributed by atoms with E-state index in [0.29, 0.717) is 47.8 Å². The van der Waals surface area contributed by atoms with Crippen LogP contribution in [-0.4, -0.2) is 88.9 Å². The first-order valence-electron chi connectivity index (χ1n) is 18.2. The summed E-state index contributed by atoms with van der Waals surface area (Å²) in [5.41, 5.74) is 5.35. The monoisotopic (exact) mass is 744 g/mol. The highest BCUT2D eigenvalue weighted by Gasteiger charge is 2.52. The first-order valence-corrected chi connectivity index (χ1v) is 25.2. The van der Waals surface area contributed by atoms with Gasteiger partial charge in [0.2, 0.25) is 0 Å². The van der Waals surface area contributed by atoms with Crippen LogP contribution in [0.1, 0.15) is 56.3 Å². The summed E-state index contributed by atoms with van der Waals surface area (Å²) in [6.45, 7) is 20.9. The number of halogens is 1. The zero-order valence-corrected chi connectivity index (χ0v) is 34.2. The molecule has 2 saturated heterocycles. The Morgan fingerprint density at radius 1 is 1.00 bits per heavy atom. The van der Waals surface area contributed by atoms with Gasteiger partial charge >= 0.3 is 6.01 Å². The Kier molecular flexibility index (Phi) is 11.4. The van der Waals surface area contributed by atoms with Crippen LogP contribution in [0.5, 0.6) is 6.01 Å². The van der Waals surface area contributed by atoms with E-state index < -0.39 is 16.4 Å². The molecule has 276 valence electrons. The molecule has 3 aliphatic rings. The number of ether oxygens (including phenoxy) is 5. The van der Waals surface area contributed by atoms with Crippen LogP contribution in [0, 0.1) is 0 Å². The molecule has 0 amide bonds. The fourth-order valence-electron chi connectivity index (χ4n) is 6.73. The van der Waals surface area contributed by atoms with Crippen molar-refractivity contribution < 1.29 is 28.1 Å². The van der Waals surface area contributed by atoms with Crippen molar-refractivity contribution in [3.05, 3.63) is 46.0 Å². The molecule has 2 aliphatic heterocycles. The van der Waals surface area contributed by atoms with Gasteiger partial charge in [0, 0.05) is 28.4 Å². The van der Waals surface area contributed by atoms with Crippen molar-refractivity contribution in [2.45, 2.75) is 127 Å². The minimum atomic E-state index is -2.00. The second kappa shape index (κ2) is 15.1. The Labute approximate surface area is 305 Å². The number of pyridine rings is 1. The molecule has 2 fully saturated rings. The van der Waals surface area contributed by atoms with E-state index in [1.807, 2.05) is 10.6 Å². The van der Waals surface area contributed by atoms with Gasteiger partial charge in [-0.2, -0.15) is 4.98 Å². The smallest absolute Gasteiger partial charge is 0.301 e. The normalized spacial score (nSPS) is 23.8. The number of anilines is 1. The molecule has 2 aromatic heterocycles. The van der Waals surface area contributed by atoms with E-state index in [1.54, 1.807) is 7.11 Å². The van der Waals surface area contributed by atoms with Crippen LogP contribution in [0.2, 0.25) is 48.8 Å². The number of aromatic nitrogens is 3. The van der Waals surface area contributed by atoms with Crippen molar-refractivity contribution in [1.82, 2.24) is 14.5 Å². The third-order valence-electron chi connectivity index (χ3n) is 10.7. The van der Waals surface area contributed by atoms with Gasteiger partial charge in [0.15, 0.2) is 20.1 Å². The van der Waals surface area contributed by atoms with Gasteiger partial charge in [-0.3, -0.25) is 4.57 Å². The molecule has 50 heavy (non-hydrogen) atoms. The van der Waals surface area contributed by atoms with Crippen molar-refractivity contribution in [2.75, 3.05) is 38.9 Å². The number of methoxy groups -OCH3 is 1. The largest absolute Gasteiger partial charge is 0.456 e. The Morgan fingerprint density at radius 2 is 1.74 bits per heavy atom. The molecular weight excluding hydrogens is 688 g/mol. The fraction of sp³-hybridized carbons (Fsp3) is 0.676. The lowest BCUT2D eigenvalue weighted by atomic mass is 10.0. The lowest BCUT2D eigenvalue weighted by molar-refractivity contribution is 0.00687. The highest BCUT2D eigenvalue weighted by Crippen LogP contribution is 2.41. The number of nitrogens with one attached hydrogen (secondary N) is 1. The molecule has 6 rings (SSSR count). The quantitative estimate of drug-likeness (QED) is 0.123. The number of fused-ring (bicyclic) bond motifs is 3. The summed E-state index contributed by atoms with van der Waals surface area (Å²) in [4.78, 5) is 9.95. The molecule has 1 aromatic carbocycles. The lowest BCUT2D eigenvalue weighted by Gasteiger charge is -2.39. The Hall–Kier alpha value is -2.04. The van der Waals surface area contributed by atoms with Gasteiger partial charge in [-0.05, 0) is 72.6 Å². The molecule has 5 atom stereocenters. The summed E-state index contributed by atoms with van der Waals surface area (Å²) >= 11 is 6.88. The van der Waals surface area contributed by atoms with Crippen LogP contribution < -0.4 is 10.1 Å². The van der Waals surface area contributed by atoms with Crippen molar-refractivity contribution in [3.8, 4) is 6.01 Å². The number of benzene rings is 1. The van der Waals surface area contributed by atoms with Gasteiger partial charge in [0.05, 0.1) is 30.4 Å². The van der Waals surface area contributed by atoms with E-state index in [1.165, 1.54) is 16.7 Å². The van der Waals surface area contributed by atoms with Crippen LogP contribution in [0.25, 0.3) is 11.2 Å². The Bertz CT molecular complexity index is 1640.